The maximum absolute atomic E-state index is 5.89. The summed E-state index contributed by atoms with van der Waals surface area (Å²) in [6.45, 7) is 1.07. The monoisotopic (exact) mass is 298 g/mol. The molecule has 0 bridgehead atoms. The Hall–Kier alpha value is -1.37. The normalized spacial score (nSPS) is 10.5. The van der Waals surface area contributed by atoms with Gasteiger partial charge in [0.2, 0.25) is 0 Å². The molecule has 0 fully saturated rings. The van der Waals surface area contributed by atoms with Crippen molar-refractivity contribution in [2.45, 2.75) is 13.2 Å². The highest BCUT2D eigenvalue weighted by molar-refractivity contribution is 7.16. The van der Waals surface area contributed by atoms with Gasteiger partial charge in [0.15, 0.2) is 5.82 Å². The van der Waals surface area contributed by atoms with Crippen LogP contribution in [0.3, 0.4) is 0 Å². The van der Waals surface area contributed by atoms with Gasteiger partial charge in [-0.1, -0.05) is 11.6 Å². The summed E-state index contributed by atoms with van der Waals surface area (Å²) in [6.07, 6.45) is 0. The fourth-order valence-corrected chi connectivity index (χ4v) is 2.56. The van der Waals surface area contributed by atoms with E-state index in [0.29, 0.717) is 19.0 Å². The van der Waals surface area contributed by atoms with Gasteiger partial charge < -0.3 is 15.4 Å². The lowest BCUT2D eigenvalue weighted by Gasteiger charge is -2.08. The Morgan fingerprint density at radius 3 is 2.74 bits per heavy atom. The molecule has 102 valence electrons. The molecule has 0 atom stereocenters. The number of aromatic nitrogens is 2. The molecule has 0 amide bonds. The van der Waals surface area contributed by atoms with E-state index in [1.165, 1.54) is 0 Å². The molecule has 2 aromatic rings. The summed E-state index contributed by atoms with van der Waals surface area (Å²) in [5.41, 5.74) is 0. The molecule has 2 heterocycles. The van der Waals surface area contributed by atoms with Crippen LogP contribution in [0, 0.1) is 0 Å². The Morgan fingerprint density at radius 2 is 2.11 bits per heavy atom. The van der Waals surface area contributed by atoms with Gasteiger partial charge in [-0.15, -0.1) is 11.3 Å². The molecule has 0 saturated heterocycles. The number of nitrogens with zero attached hydrogens (tertiary/aromatic N) is 2. The number of hydrogen-bond donors (Lipinski definition) is 2. The topological polar surface area (TPSA) is 59.1 Å². The number of thiophene rings is 1. The molecular weight excluding hydrogens is 284 g/mol. The van der Waals surface area contributed by atoms with Crippen molar-refractivity contribution in [2.75, 3.05) is 24.8 Å². The van der Waals surface area contributed by atoms with Crippen LogP contribution in [-0.4, -0.2) is 24.1 Å². The summed E-state index contributed by atoms with van der Waals surface area (Å²) < 4.78 is 5.84. The van der Waals surface area contributed by atoms with Crippen LogP contribution in [0.5, 0.6) is 0 Å². The van der Waals surface area contributed by atoms with E-state index in [1.54, 1.807) is 18.4 Å². The summed E-state index contributed by atoms with van der Waals surface area (Å²) in [5, 5.41) is 6.26. The molecular formula is C12H15ClN4OS. The van der Waals surface area contributed by atoms with Crippen LogP contribution in [0.4, 0.5) is 11.6 Å². The van der Waals surface area contributed by atoms with Crippen molar-refractivity contribution in [1.29, 1.82) is 0 Å². The first-order chi connectivity index (χ1) is 9.21. The van der Waals surface area contributed by atoms with Crippen LogP contribution in [0.1, 0.15) is 10.7 Å². The van der Waals surface area contributed by atoms with E-state index >= 15 is 0 Å². The van der Waals surface area contributed by atoms with Crippen LogP contribution < -0.4 is 10.6 Å². The Labute approximate surface area is 121 Å². The van der Waals surface area contributed by atoms with Crippen molar-refractivity contribution in [3.05, 3.63) is 33.2 Å². The smallest absolute Gasteiger partial charge is 0.158 e. The Morgan fingerprint density at radius 1 is 1.32 bits per heavy atom. The first-order valence-electron chi connectivity index (χ1n) is 5.74. The first-order valence-corrected chi connectivity index (χ1v) is 6.93. The van der Waals surface area contributed by atoms with E-state index in [-0.39, 0.29) is 0 Å². The molecule has 2 rings (SSSR count). The predicted molar refractivity (Wildman–Crippen MR) is 78.9 cm³/mol. The van der Waals surface area contributed by atoms with Crippen LogP contribution in [-0.2, 0) is 17.9 Å². The summed E-state index contributed by atoms with van der Waals surface area (Å²) in [5.74, 6) is 2.16. The van der Waals surface area contributed by atoms with Gasteiger partial charge in [-0.2, -0.15) is 0 Å². The number of anilines is 2. The SMILES string of the molecule is CNc1cc(NCc2ccc(Cl)s2)nc(COC)n1. The number of rotatable bonds is 6. The van der Waals surface area contributed by atoms with Crippen LogP contribution in [0.15, 0.2) is 18.2 Å². The second-order valence-corrected chi connectivity index (χ2v) is 5.60. The summed E-state index contributed by atoms with van der Waals surface area (Å²) in [6, 6.07) is 5.74. The summed E-state index contributed by atoms with van der Waals surface area (Å²) in [4.78, 5) is 9.83. The van der Waals surface area contributed by atoms with Crippen molar-refractivity contribution >= 4 is 34.6 Å². The van der Waals surface area contributed by atoms with Crippen molar-refractivity contribution in [3.63, 3.8) is 0 Å². The summed E-state index contributed by atoms with van der Waals surface area (Å²) in [7, 11) is 3.44. The molecule has 0 unspecified atom stereocenters. The molecule has 2 aromatic heterocycles. The van der Waals surface area contributed by atoms with E-state index in [4.69, 9.17) is 16.3 Å². The largest absolute Gasteiger partial charge is 0.377 e. The Bertz CT molecular complexity index is 546. The molecule has 2 N–H and O–H groups in total. The third kappa shape index (κ3) is 4.05. The number of nitrogens with one attached hydrogen (secondary N) is 2. The van der Waals surface area contributed by atoms with Gasteiger partial charge in [-0.05, 0) is 12.1 Å². The lowest BCUT2D eigenvalue weighted by molar-refractivity contribution is 0.178. The fourth-order valence-electron chi connectivity index (χ4n) is 1.53. The van der Waals surface area contributed by atoms with Gasteiger partial charge in [0, 0.05) is 25.1 Å². The average Bonchev–Trinajstić information content (AvgIpc) is 2.82. The van der Waals surface area contributed by atoms with Gasteiger partial charge in [-0.25, -0.2) is 9.97 Å². The third-order valence-corrected chi connectivity index (χ3v) is 3.61. The van der Waals surface area contributed by atoms with E-state index in [0.717, 1.165) is 20.8 Å². The molecule has 7 heteroatoms. The average molecular weight is 299 g/mol. The van der Waals surface area contributed by atoms with Crippen molar-refractivity contribution in [1.82, 2.24) is 9.97 Å². The highest BCUT2D eigenvalue weighted by Crippen LogP contribution is 2.22. The molecule has 0 aliphatic heterocycles. The Kier molecular flexibility index (Phi) is 4.95. The van der Waals surface area contributed by atoms with E-state index in [1.807, 2.05) is 25.2 Å². The molecule has 19 heavy (non-hydrogen) atoms. The minimum atomic E-state index is 0.384. The molecule has 0 radical (unpaired) electrons. The van der Waals surface area contributed by atoms with E-state index in [9.17, 15) is 0 Å². The molecule has 0 saturated carbocycles. The van der Waals surface area contributed by atoms with Gasteiger partial charge >= 0.3 is 0 Å². The van der Waals surface area contributed by atoms with Crippen LogP contribution in [0.2, 0.25) is 4.34 Å². The lowest BCUT2D eigenvalue weighted by atomic mass is 10.4. The minimum absolute atomic E-state index is 0.384. The minimum Gasteiger partial charge on any atom is -0.377 e. The first kappa shape index (κ1) is 14.0. The Balaban J connectivity index is 2.08. The maximum Gasteiger partial charge on any atom is 0.158 e. The number of halogens is 1. The van der Waals surface area contributed by atoms with Gasteiger partial charge in [0.25, 0.3) is 0 Å². The van der Waals surface area contributed by atoms with Crippen LogP contribution in [0.25, 0.3) is 0 Å². The molecule has 0 aliphatic carbocycles. The zero-order valence-corrected chi connectivity index (χ0v) is 12.3. The highest BCUT2D eigenvalue weighted by Gasteiger charge is 2.04. The quantitative estimate of drug-likeness (QED) is 0.858. The highest BCUT2D eigenvalue weighted by atomic mass is 35.5. The predicted octanol–water partition coefficient (Wildman–Crippen LogP) is 2.99. The molecule has 5 nitrogen and oxygen atoms in total. The standard InChI is InChI=1S/C12H15ClN4OS/c1-14-10-5-11(17-12(16-10)7-18-2)15-6-8-3-4-9(13)19-8/h3-5H,6-7H2,1-2H3,(H2,14,15,16,17). The van der Waals surface area contributed by atoms with Crippen molar-refractivity contribution < 1.29 is 4.74 Å². The van der Waals surface area contributed by atoms with Crippen molar-refractivity contribution in [3.8, 4) is 0 Å². The number of methoxy groups -OCH3 is 1. The number of ether oxygens (including phenoxy) is 1. The summed E-state index contributed by atoms with van der Waals surface area (Å²) >= 11 is 7.45. The lowest BCUT2D eigenvalue weighted by Crippen LogP contribution is -2.06. The molecule has 0 aromatic carbocycles. The van der Waals surface area contributed by atoms with Gasteiger partial charge in [-0.3, -0.25) is 0 Å². The second-order valence-electron chi connectivity index (χ2n) is 3.80. The van der Waals surface area contributed by atoms with Gasteiger partial charge in [0.1, 0.15) is 18.2 Å². The van der Waals surface area contributed by atoms with E-state index < -0.39 is 0 Å². The van der Waals surface area contributed by atoms with Crippen molar-refractivity contribution in [2.24, 2.45) is 0 Å². The molecule has 0 spiro atoms. The van der Waals surface area contributed by atoms with Crippen LogP contribution >= 0.6 is 22.9 Å². The van der Waals surface area contributed by atoms with E-state index in [2.05, 4.69) is 20.6 Å². The fraction of sp³-hybridized carbons (Fsp3) is 0.333. The zero-order chi connectivity index (χ0) is 13.7. The third-order valence-electron chi connectivity index (χ3n) is 2.37. The maximum atomic E-state index is 5.89. The second kappa shape index (κ2) is 6.70. The van der Waals surface area contributed by atoms with Gasteiger partial charge in [0.05, 0.1) is 10.9 Å². The zero-order valence-electron chi connectivity index (χ0n) is 10.7. The molecule has 0 aliphatic rings. The number of hydrogen-bond acceptors (Lipinski definition) is 6.